The van der Waals surface area contributed by atoms with Crippen LogP contribution in [0.3, 0.4) is 0 Å². The van der Waals surface area contributed by atoms with Gasteiger partial charge in [-0.05, 0) is 57.5 Å². The Labute approximate surface area is 252 Å². The third-order valence-corrected chi connectivity index (χ3v) is 7.98. The van der Waals surface area contributed by atoms with Crippen LogP contribution in [0.4, 0.5) is 0 Å². The summed E-state index contributed by atoms with van der Waals surface area (Å²) in [5, 5.41) is 1.06. The number of hydrogen-bond acceptors (Lipinski definition) is 11. The number of phosphoric acid groups is 1. The zero-order valence-corrected chi connectivity index (χ0v) is 26.1. The van der Waals surface area contributed by atoms with Crippen molar-refractivity contribution in [3.8, 4) is 0 Å². The molecule has 2 aliphatic heterocycles. The Bertz CT molecular complexity index is 1430. The van der Waals surface area contributed by atoms with Crippen LogP contribution in [0.5, 0.6) is 0 Å². The number of nitrogens with zero attached hydrogens (tertiary/aromatic N) is 4. The van der Waals surface area contributed by atoms with Gasteiger partial charge in [-0.2, -0.15) is 0 Å². The normalized spacial score (nSPS) is 15.2. The molecule has 0 unspecified atom stereocenters. The van der Waals surface area contributed by atoms with Gasteiger partial charge in [0.25, 0.3) is 0 Å². The van der Waals surface area contributed by atoms with E-state index in [0.717, 1.165) is 35.0 Å². The summed E-state index contributed by atoms with van der Waals surface area (Å²) in [7, 11) is 3.21. The first-order valence-electron chi connectivity index (χ1n) is 13.8. The Balaban J connectivity index is 1.45. The lowest BCUT2D eigenvalue weighted by atomic mass is 10.1. The fourth-order valence-corrected chi connectivity index (χ4v) is 5.35. The molecule has 0 aliphatic carbocycles. The second-order valence-electron chi connectivity index (χ2n) is 10.6. The largest absolute Gasteiger partial charge is 0.482 e. The van der Waals surface area contributed by atoms with E-state index in [1.165, 1.54) is 0 Å². The molecule has 0 N–H and O–H groups in total. The van der Waals surface area contributed by atoms with Crippen molar-refractivity contribution in [2.75, 3.05) is 48.3 Å². The molecular formula is C30H39N4O8P. The van der Waals surface area contributed by atoms with Crippen molar-refractivity contribution in [3.05, 3.63) is 83.6 Å². The number of aryl methyl sites for hydroxylation is 1. The van der Waals surface area contributed by atoms with Gasteiger partial charge in [0.15, 0.2) is 0 Å². The number of fused-ring (bicyclic) bond motifs is 1. The molecule has 4 rings (SSSR count). The van der Waals surface area contributed by atoms with Crippen LogP contribution in [0.25, 0.3) is 10.9 Å². The van der Waals surface area contributed by atoms with Crippen molar-refractivity contribution in [1.82, 2.24) is 19.3 Å². The average molecular weight is 615 g/mol. The number of likely N-dealkylation sites (N-methyl/N-ethyl adjacent to an activating group) is 1. The zero-order chi connectivity index (χ0) is 31.0. The molecule has 1 aromatic carbocycles. The molecule has 3 heterocycles. The SMILES string of the molecule is Cc1ccc2c(c1)c(CCN(C)C)cn2COP(=O)(OCOC(=O)C1=CN(C)C=CC1)OCOC(=O)C1=CN(C)C=CC1. The number of rotatable bonds is 14. The summed E-state index contributed by atoms with van der Waals surface area (Å²) in [6.07, 6.45) is 14.1. The van der Waals surface area contributed by atoms with E-state index < -0.39 is 33.3 Å². The Hall–Kier alpha value is -3.67. The third-order valence-electron chi connectivity index (χ3n) is 6.70. The lowest BCUT2D eigenvalue weighted by Crippen LogP contribution is -2.17. The standard InChI is InChI=1S/C30H39N4O8P/c1-23-10-11-28-27(16-23)24(12-15-31(2)3)19-34(28)20-40-43(37,41-21-38-29(35)25-8-6-13-32(4)17-25)42-22-39-30(36)26-9-7-14-33(5)18-26/h6-7,10-11,13-14,16-19H,8-9,12,15,20-22H2,1-5H3. The van der Waals surface area contributed by atoms with E-state index in [1.54, 1.807) is 40.9 Å². The average Bonchev–Trinajstić information content (AvgIpc) is 3.31. The van der Waals surface area contributed by atoms with Crippen molar-refractivity contribution >= 4 is 30.7 Å². The van der Waals surface area contributed by atoms with Gasteiger partial charge in [0.1, 0.15) is 6.73 Å². The summed E-state index contributed by atoms with van der Waals surface area (Å²) in [4.78, 5) is 30.5. The summed E-state index contributed by atoms with van der Waals surface area (Å²) < 4.78 is 42.3. The second-order valence-corrected chi connectivity index (χ2v) is 12.2. The van der Waals surface area contributed by atoms with Crippen molar-refractivity contribution in [1.29, 1.82) is 0 Å². The molecule has 13 heteroatoms. The topological polar surface area (TPSA) is 112 Å². The van der Waals surface area contributed by atoms with E-state index in [4.69, 9.17) is 23.0 Å². The van der Waals surface area contributed by atoms with E-state index in [0.29, 0.717) is 24.0 Å². The lowest BCUT2D eigenvalue weighted by Gasteiger charge is -2.20. The molecular weight excluding hydrogens is 575 g/mol. The van der Waals surface area contributed by atoms with Crippen molar-refractivity contribution in [2.24, 2.45) is 0 Å². The van der Waals surface area contributed by atoms with Crippen LogP contribution in [0.2, 0.25) is 0 Å². The highest BCUT2D eigenvalue weighted by Gasteiger charge is 2.30. The summed E-state index contributed by atoms with van der Waals surface area (Å²) in [6.45, 7) is 1.28. The van der Waals surface area contributed by atoms with Gasteiger partial charge in [0.05, 0.1) is 16.7 Å². The molecule has 0 radical (unpaired) electrons. The summed E-state index contributed by atoms with van der Waals surface area (Å²) in [5.74, 6) is -1.26. The van der Waals surface area contributed by atoms with Crippen LogP contribution in [0, 0.1) is 6.92 Å². The van der Waals surface area contributed by atoms with E-state index >= 15 is 0 Å². The van der Waals surface area contributed by atoms with Gasteiger partial charge < -0.3 is 28.7 Å². The Morgan fingerprint density at radius 3 is 2.02 bits per heavy atom. The minimum Gasteiger partial charge on any atom is -0.434 e. The van der Waals surface area contributed by atoms with Crippen LogP contribution in [-0.4, -0.2) is 79.5 Å². The van der Waals surface area contributed by atoms with Crippen LogP contribution in [-0.2, 0) is 50.4 Å². The van der Waals surface area contributed by atoms with Crippen molar-refractivity contribution in [2.45, 2.75) is 32.9 Å². The maximum absolute atomic E-state index is 13.7. The van der Waals surface area contributed by atoms with Crippen molar-refractivity contribution in [3.63, 3.8) is 0 Å². The third kappa shape index (κ3) is 9.16. The summed E-state index contributed by atoms with van der Waals surface area (Å²) in [6, 6.07) is 6.05. The van der Waals surface area contributed by atoms with Gasteiger partial charge in [0.2, 0.25) is 13.6 Å². The molecule has 0 atom stereocenters. The first-order chi connectivity index (χ1) is 20.5. The number of aromatic nitrogens is 1. The van der Waals surface area contributed by atoms with Crippen LogP contribution in [0.1, 0.15) is 24.0 Å². The predicted octanol–water partition coefficient (Wildman–Crippen LogP) is 4.64. The number of ether oxygens (including phenoxy) is 2. The maximum Gasteiger partial charge on any atom is 0.482 e. The zero-order valence-electron chi connectivity index (χ0n) is 25.2. The molecule has 0 amide bonds. The number of phosphoric ester groups is 1. The van der Waals surface area contributed by atoms with Gasteiger partial charge in [-0.25, -0.2) is 23.2 Å². The smallest absolute Gasteiger partial charge is 0.434 e. The van der Waals surface area contributed by atoms with Crippen LogP contribution < -0.4 is 0 Å². The molecule has 1 aromatic heterocycles. The van der Waals surface area contributed by atoms with Gasteiger partial charge in [-0.3, -0.25) is 4.52 Å². The molecule has 0 bridgehead atoms. The fourth-order valence-electron chi connectivity index (χ4n) is 4.50. The Morgan fingerprint density at radius 1 is 0.907 bits per heavy atom. The molecule has 43 heavy (non-hydrogen) atoms. The molecule has 2 aliphatic rings. The lowest BCUT2D eigenvalue weighted by molar-refractivity contribution is -0.149. The van der Waals surface area contributed by atoms with E-state index in [2.05, 4.69) is 11.0 Å². The number of hydrogen-bond donors (Lipinski definition) is 0. The first kappa shape index (κ1) is 32.2. The molecule has 2 aromatic rings. The number of carbonyl (C=O) groups excluding carboxylic acids is 2. The first-order valence-corrected chi connectivity index (χ1v) is 15.3. The van der Waals surface area contributed by atoms with E-state index in [1.807, 2.05) is 63.9 Å². The molecule has 0 spiro atoms. The maximum atomic E-state index is 13.7. The number of esters is 2. The monoisotopic (exact) mass is 614 g/mol. The van der Waals surface area contributed by atoms with Gasteiger partial charge in [0, 0.05) is 57.5 Å². The van der Waals surface area contributed by atoms with Gasteiger partial charge in [-0.15, -0.1) is 0 Å². The second kappa shape index (κ2) is 14.7. The molecule has 0 saturated heterocycles. The van der Waals surface area contributed by atoms with Gasteiger partial charge >= 0.3 is 19.8 Å². The Morgan fingerprint density at radius 2 is 1.49 bits per heavy atom. The number of carbonyl (C=O) groups is 2. The number of allylic oxidation sites excluding steroid dienone is 2. The number of benzene rings is 1. The van der Waals surface area contributed by atoms with Crippen LogP contribution in [0.15, 0.2) is 72.5 Å². The van der Waals surface area contributed by atoms with Crippen molar-refractivity contribution < 1.29 is 37.2 Å². The van der Waals surface area contributed by atoms with Gasteiger partial charge in [-0.1, -0.05) is 23.8 Å². The van der Waals surface area contributed by atoms with Crippen LogP contribution >= 0.6 is 7.82 Å². The predicted molar refractivity (Wildman–Crippen MR) is 161 cm³/mol. The molecule has 0 fully saturated rings. The fraction of sp³-hybridized carbons (Fsp3) is 0.400. The quantitative estimate of drug-likeness (QED) is 0.169. The molecule has 0 saturated carbocycles. The van der Waals surface area contributed by atoms with E-state index in [9.17, 15) is 14.2 Å². The highest BCUT2D eigenvalue weighted by Crippen LogP contribution is 2.50. The minimum absolute atomic E-state index is 0.192. The molecule has 12 nitrogen and oxygen atoms in total. The Kier molecular flexibility index (Phi) is 11.0. The van der Waals surface area contributed by atoms with E-state index in [-0.39, 0.29) is 6.73 Å². The summed E-state index contributed by atoms with van der Waals surface area (Å²) in [5.41, 5.74) is 3.90. The minimum atomic E-state index is -4.38. The highest BCUT2D eigenvalue weighted by molar-refractivity contribution is 7.48. The molecule has 232 valence electrons. The highest BCUT2D eigenvalue weighted by atomic mass is 31.2. The summed E-state index contributed by atoms with van der Waals surface area (Å²) >= 11 is 0.